The van der Waals surface area contributed by atoms with Gasteiger partial charge in [-0.05, 0) is 52.7 Å². The maximum atomic E-state index is 6.04. The number of methoxy groups -OCH3 is 1. The van der Waals surface area contributed by atoms with Gasteiger partial charge in [0.1, 0.15) is 5.75 Å². The van der Waals surface area contributed by atoms with Gasteiger partial charge < -0.3 is 10.1 Å². The van der Waals surface area contributed by atoms with Crippen molar-refractivity contribution in [2.24, 2.45) is 0 Å². The highest BCUT2D eigenvalue weighted by molar-refractivity contribution is 9.11. The topological polar surface area (TPSA) is 21.3 Å². The molecule has 0 radical (unpaired) electrons. The summed E-state index contributed by atoms with van der Waals surface area (Å²) < 4.78 is 7.41. The van der Waals surface area contributed by atoms with Crippen LogP contribution in [0.3, 0.4) is 0 Å². The Morgan fingerprint density at radius 1 is 1.24 bits per heavy atom. The number of benzene rings is 2. The molecule has 0 amide bonds. The highest BCUT2D eigenvalue weighted by Crippen LogP contribution is 2.33. The molecular formula is C16H16Br2ClNO. The van der Waals surface area contributed by atoms with Crippen molar-refractivity contribution in [3.05, 3.63) is 61.5 Å². The van der Waals surface area contributed by atoms with Gasteiger partial charge in [-0.25, -0.2) is 0 Å². The fraction of sp³-hybridized carbons (Fsp3) is 0.250. The predicted molar refractivity (Wildman–Crippen MR) is 95.1 cm³/mol. The second-order valence-corrected chi connectivity index (χ2v) is 6.94. The predicted octanol–water partition coefficient (Wildman–Crippen LogP) is 5.72. The largest absolute Gasteiger partial charge is 0.495 e. The molecule has 0 heterocycles. The van der Waals surface area contributed by atoms with Gasteiger partial charge in [0, 0.05) is 27.6 Å². The molecule has 21 heavy (non-hydrogen) atoms. The van der Waals surface area contributed by atoms with E-state index in [1.165, 1.54) is 0 Å². The summed E-state index contributed by atoms with van der Waals surface area (Å²) >= 11 is 13.1. The third-order valence-electron chi connectivity index (χ3n) is 3.24. The zero-order chi connectivity index (χ0) is 15.4. The molecule has 0 aliphatic rings. The number of nitrogens with one attached hydrogen (secondary N) is 1. The van der Waals surface area contributed by atoms with E-state index < -0.39 is 0 Å². The smallest absolute Gasteiger partial charge is 0.137 e. The molecule has 0 saturated carbocycles. The molecule has 5 heteroatoms. The van der Waals surface area contributed by atoms with E-state index in [2.05, 4.69) is 56.2 Å². The monoisotopic (exact) mass is 431 g/mol. The van der Waals surface area contributed by atoms with Crippen LogP contribution in [0.5, 0.6) is 5.75 Å². The number of hydrogen-bond acceptors (Lipinski definition) is 2. The Morgan fingerprint density at radius 3 is 2.67 bits per heavy atom. The van der Waals surface area contributed by atoms with Crippen LogP contribution >= 0.6 is 43.5 Å². The van der Waals surface area contributed by atoms with Crippen LogP contribution in [0.25, 0.3) is 0 Å². The lowest BCUT2D eigenvalue weighted by Crippen LogP contribution is -2.18. The molecule has 0 fully saturated rings. The quantitative estimate of drug-likeness (QED) is 0.651. The standard InChI is InChI=1S/C16H16Br2ClNO/c1-10(11-4-3-5-14(19)7-11)20-9-12-6-13(17)8-15(18)16(12)21-2/h3-8,10,20H,9H2,1-2H3. The van der Waals surface area contributed by atoms with Crippen molar-refractivity contribution in [1.82, 2.24) is 5.32 Å². The lowest BCUT2D eigenvalue weighted by Gasteiger charge is -2.17. The first-order valence-electron chi connectivity index (χ1n) is 6.52. The van der Waals surface area contributed by atoms with E-state index in [1.54, 1.807) is 7.11 Å². The Bertz CT molecular complexity index is 634. The van der Waals surface area contributed by atoms with Crippen molar-refractivity contribution in [2.75, 3.05) is 7.11 Å². The second-order valence-electron chi connectivity index (χ2n) is 4.74. The summed E-state index contributed by atoms with van der Waals surface area (Å²) in [6.45, 7) is 2.82. The first-order valence-corrected chi connectivity index (χ1v) is 8.48. The van der Waals surface area contributed by atoms with Crippen LogP contribution in [-0.4, -0.2) is 7.11 Å². The van der Waals surface area contributed by atoms with Gasteiger partial charge in [-0.15, -0.1) is 0 Å². The summed E-state index contributed by atoms with van der Waals surface area (Å²) in [4.78, 5) is 0. The van der Waals surface area contributed by atoms with Crippen molar-refractivity contribution in [3.8, 4) is 5.75 Å². The van der Waals surface area contributed by atoms with Crippen molar-refractivity contribution < 1.29 is 4.74 Å². The maximum Gasteiger partial charge on any atom is 0.137 e. The lowest BCUT2D eigenvalue weighted by molar-refractivity contribution is 0.403. The summed E-state index contributed by atoms with van der Waals surface area (Å²) in [6, 6.07) is 12.1. The highest BCUT2D eigenvalue weighted by atomic mass is 79.9. The van der Waals surface area contributed by atoms with E-state index in [0.717, 1.165) is 30.8 Å². The van der Waals surface area contributed by atoms with Crippen LogP contribution in [0.1, 0.15) is 24.1 Å². The molecule has 0 saturated heterocycles. The summed E-state index contributed by atoms with van der Waals surface area (Å²) in [6.07, 6.45) is 0. The Labute approximate surface area is 147 Å². The maximum absolute atomic E-state index is 6.04. The Balaban J connectivity index is 2.13. The number of rotatable bonds is 5. The van der Waals surface area contributed by atoms with Crippen LogP contribution in [0.15, 0.2) is 45.3 Å². The van der Waals surface area contributed by atoms with Crippen LogP contribution in [-0.2, 0) is 6.54 Å². The molecule has 0 spiro atoms. The van der Waals surface area contributed by atoms with Crippen LogP contribution in [0, 0.1) is 0 Å². The summed E-state index contributed by atoms with van der Waals surface area (Å²) in [7, 11) is 1.68. The van der Waals surface area contributed by atoms with Gasteiger partial charge in [-0.1, -0.05) is 39.7 Å². The molecule has 1 unspecified atom stereocenters. The molecule has 2 aromatic carbocycles. The number of halogens is 3. The average Bonchev–Trinajstić information content (AvgIpc) is 2.44. The minimum absolute atomic E-state index is 0.200. The zero-order valence-electron chi connectivity index (χ0n) is 11.8. The van der Waals surface area contributed by atoms with Crippen molar-refractivity contribution in [2.45, 2.75) is 19.5 Å². The highest BCUT2D eigenvalue weighted by Gasteiger charge is 2.11. The van der Waals surface area contributed by atoms with Gasteiger partial charge in [0.05, 0.1) is 11.6 Å². The van der Waals surface area contributed by atoms with E-state index in [-0.39, 0.29) is 6.04 Å². The molecular weight excluding hydrogens is 417 g/mol. The SMILES string of the molecule is COc1c(Br)cc(Br)cc1CNC(C)c1cccc(Cl)c1. The molecule has 0 aliphatic heterocycles. The van der Waals surface area contributed by atoms with Crippen molar-refractivity contribution in [1.29, 1.82) is 0 Å². The summed E-state index contributed by atoms with van der Waals surface area (Å²) in [5.74, 6) is 0.851. The second kappa shape index (κ2) is 7.63. The molecule has 1 atom stereocenters. The summed E-state index contributed by atoms with van der Waals surface area (Å²) in [5, 5.41) is 4.24. The van der Waals surface area contributed by atoms with Gasteiger partial charge in [0.2, 0.25) is 0 Å². The molecule has 2 nitrogen and oxygen atoms in total. The normalized spacial score (nSPS) is 12.2. The number of ether oxygens (including phenoxy) is 1. The first kappa shape index (κ1) is 16.8. The molecule has 2 aromatic rings. The number of hydrogen-bond donors (Lipinski definition) is 1. The van der Waals surface area contributed by atoms with Crippen LogP contribution in [0.2, 0.25) is 5.02 Å². The Morgan fingerprint density at radius 2 is 2.00 bits per heavy atom. The minimum atomic E-state index is 0.200. The zero-order valence-corrected chi connectivity index (χ0v) is 15.7. The fourth-order valence-electron chi connectivity index (χ4n) is 2.13. The Kier molecular flexibility index (Phi) is 6.11. The minimum Gasteiger partial charge on any atom is -0.495 e. The van der Waals surface area contributed by atoms with Gasteiger partial charge >= 0.3 is 0 Å². The van der Waals surface area contributed by atoms with E-state index in [9.17, 15) is 0 Å². The van der Waals surface area contributed by atoms with Gasteiger partial charge in [0.15, 0.2) is 0 Å². The molecule has 1 N–H and O–H groups in total. The Hall–Kier alpha value is -0.550. The third-order valence-corrected chi connectivity index (χ3v) is 4.52. The fourth-order valence-corrected chi connectivity index (χ4v) is 3.80. The molecule has 0 bridgehead atoms. The molecule has 2 rings (SSSR count). The van der Waals surface area contributed by atoms with E-state index >= 15 is 0 Å². The van der Waals surface area contributed by atoms with Crippen molar-refractivity contribution in [3.63, 3.8) is 0 Å². The van der Waals surface area contributed by atoms with Crippen LogP contribution < -0.4 is 10.1 Å². The van der Waals surface area contributed by atoms with E-state index in [1.807, 2.05) is 24.3 Å². The van der Waals surface area contributed by atoms with Gasteiger partial charge in [-0.2, -0.15) is 0 Å². The van der Waals surface area contributed by atoms with Crippen molar-refractivity contribution >= 4 is 43.5 Å². The van der Waals surface area contributed by atoms with E-state index in [0.29, 0.717) is 6.54 Å². The van der Waals surface area contributed by atoms with E-state index in [4.69, 9.17) is 16.3 Å². The first-order chi connectivity index (χ1) is 10.0. The molecule has 112 valence electrons. The van der Waals surface area contributed by atoms with Gasteiger partial charge in [-0.3, -0.25) is 0 Å². The summed E-state index contributed by atoms with van der Waals surface area (Å²) in [5.41, 5.74) is 2.25. The lowest BCUT2D eigenvalue weighted by atomic mass is 10.1. The van der Waals surface area contributed by atoms with Gasteiger partial charge in [0.25, 0.3) is 0 Å². The molecule has 0 aromatic heterocycles. The average molecular weight is 434 g/mol. The third kappa shape index (κ3) is 4.46. The van der Waals surface area contributed by atoms with Crippen LogP contribution in [0.4, 0.5) is 0 Å². The molecule has 0 aliphatic carbocycles.